The Morgan fingerprint density at radius 2 is 2.12 bits per heavy atom. The van der Waals surface area contributed by atoms with Crippen LogP contribution >= 0.6 is 0 Å². The Balaban J connectivity index is 1.50. The number of aliphatic hydroxyl groups is 1. The lowest BCUT2D eigenvalue weighted by Gasteiger charge is -2.39. The van der Waals surface area contributed by atoms with E-state index >= 15 is 0 Å². The molecular weight excluding hydrogens is 428 g/mol. The summed E-state index contributed by atoms with van der Waals surface area (Å²) in [6, 6.07) is 8.70. The fourth-order valence-electron chi connectivity index (χ4n) is 3.61. The molecule has 0 spiro atoms. The summed E-state index contributed by atoms with van der Waals surface area (Å²) >= 11 is 0. The molecule has 0 aliphatic carbocycles. The number of benzene rings is 1. The Morgan fingerprint density at radius 3 is 2.91 bits per heavy atom. The molecule has 3 N–H and O–H groups in total. The number of hydrogen-bond acceptors (Lipinski definition) is 7. The number of piperazine rings is 1. The van der Waals surface area contributed by atoms with Crippen LogP contribution in [-0.4, -0.2) is 63.2 Å². The van der Waals surface area contributed by atoms with Crippen molar-refractivity contribution >= 4 is 5.82 Å². The minimum absolute atomic E-state index is 0.258. The van der Waals surface area contributed by atoms with Gasteiger partial charge in [0, 0.05) is 46.6 Å². The van der Waals surface area contributed by atoms with Crippen molar-refractivity contribution in [3.8, 4) is 28.7 Å². The van der Waals surface area contributed by atoms with Crippen LogP contribution in [-0.2, 0) is 6.61 Å². The third-order valence-electron chi connectivity index (χ3n) is 5.44. The molecule has 3 heterocycles. The average molecular weight is 464 g/mol. The minimum atomic E-state index is -2.14. The second-order valence-electron chi connectivity index (χ2n) is 9.00. The molecule has 4 rings (SSSR count). The predicted molar refractivity (Wildman–Crippen MR) is 134 cm³/mol. The van der Waals surface area contributed by atoms with E-state index in [-0.39, 0.29) is 12.4 Å². The van der Waals surface area contributed by atoms with Crippen LogP contribution < -0.4 is 15.5 Å². The summed E-state index contributed by atoms with van der Waals surface area (Å²) in [5.74, 6) is 6.46. The number of ether oxygens (including phenoxy) is 1. The number of rotatable bonds is 5. The maximum Gasteiger partial charge on any atom is 0.166 e. The summed E-state index contributed by atoms with van der Waals surface area (Å²) in [6.45, 7) is 3.11. The van der Waals surface area contributed by atoms with Crippen molar-refractivity contribution in [1.29, 1.82) is 0 Å². The topological polar surface area (TPSA) is 92.7 Å². The smallest absolute Gasteiger partial charge is 0.166 e. The normalized spacial score (nSPS) is 18.4. The van der Waals surface area contributed by atoms with E-state index in [4.69, 9.17) is 14.6 Å². The predicted octanol–water partition coefficient (Wildman–Crippen LogP) is 2.50. The molecule has 8 nitrogen and oxygen atoms in total. The number of nitrogen functional groups attached to an aromatic ring is 1. The van der Waals surface area contributed by atoms with Gasteiger partial charge in [-0.05, 0) is 51.5 Å². The maximum atomic E-state index is 9.83. The van der Waals surface area contributed by atoms with E-state index in [0.717, 1.165) is 28.8 Å². The van der Waals surface area contributed by atoms with Crippen LogP contribution in [0.2, 0.25) is 0 Å². The molecule has 1 atom stereocenters. The number of pyridine rings is 1. The standard InChI is InChI=1S/C26H32N6O2/c1-19-16-30(4)10-11-31(19)32-17-23(15-29-32)22-13-24(25(27)28-14-22)34-18-21-7-5-6-20(12-21)8-9-26(2,3)33/h5-7,12-15,17,19,33H,10-11,16,18H2,1-4H3,(H2,27,28)/i1D3. The molecular formula is C26H32N6O2. The molecule has 1 aromatic carbocycles. The van der Waals surface area contributed by atoms with Gasteiger partial charge in [0.05, 0.1) is 18.4 Å². The van der Waals surface area contributed by atoms with E-state index in [1.165, 1.54) is 0 Å². The van der Waals surface area contributed by atoms with Crippen LogP contribution in [0, 0.1) is 11.8 Å². The highest BCUT2D eigenvalue weighted by Crippen LogP contribution is 2.28. The zero-order valence-corrected chi connectivity index (χ0v) is 19.7. The first-order valence-corrected chi connectivity index (χ1v) is 11.1. The largest absolute Gasteiger partial charge is 0.485 e. The highest BCUT2D eigenvalue weighted by Gasteiger charge is 2.22. The molecule has 1 unspecified atom stereocenters. The minimum Gasteiger partial charge on any atom is -0.485 e. The van der Waals surface area contributed by atoms with E-state index in [9.17, 15) is 5.11 Å². The summed E-state index contributed by atoms with van der Waals surface area (Å²) < 4.78 is 29.9. The fourth-order valence-corrected chi connectivity index (χ4v) is 3.61. The number of nitrogens with two attached hydrogens (primary N) is 1. The van der Waals surface area contributed by atoms with Gasteiger partial charge in [-0.2, -0.15) is 9.89 Å². The second kappa shape index (κ2) is 9.75. The molecule has 178 valence electrons. The van der Waals surface area contributed by atoms with E-state index in [1.807, 2.05) is 36.2 Å². The van der Waals surface area contributed by atoms with Crippen molar-refractivity contribution in [2.45, 2.75) is 38.9 Å². The number of aromatic nitrogens is 3. The van der Waals surface area contributed by atoms with Crippen molar-refractivity contribution in [3.05, 3.63) is 60.0 Å². The molecule has 2 aromatic heterocycles. The van der Waals surface area contributed by atoms with Gasteiger partial charge in [0.2, 0.25) is 0 Å². The van der Waals surface area contributed by atoms with Crippen LogP contribution in [0.3, 0.4) is 0 Å². The molecule has 34 heavy (non-hydrogen) atoms. The van der Waals surface area contributed by atoms with Crippen molar-refractivity contribution in [3.63, 3.8) is 0 Å². The van der Waals surface area contributed by atoms with Gasteiger partial charge in [0.25, 0.3) is 0 Å². The van der Waals surface area contributed by atoms with Crippen LogP contribution in [0.25, 0.3) is 11.1 Å². The summed E-state index contributed by atoms with van der Waals surface area (Å²) in [4.78, 5) is 7.91. The zero-order chi connectivity index (χ0) is 26.8. The molecule has 0 saturated carbocycles. The number of likely N-dealkylation sites (N-methyl/N-ethyl adjacent to an activating group) is 1. The Bertz CT molecular complexity index is 1310. The summed E-state index contributed by atoms with van der Waals surface area (Å²) in [7, 11) is 1.92. The molecule has 1 saturated heterocycles. The van der Waals surface area contributed by atoms with Crippen molar-refractivity contribution < 1.29 is 14.0 Å². The first-order valence-electron chi connectivity index (χ1n) is 12.6. The van der Waals surface area contributed by atoms with Crippen LogP contribution in [0.4, 0.5) is 5.82 Å². The van der Waals surface area contributed by atoms with Gasteiger partial charge in [-0.3, -0.25) is 5.01 Å². The average Bonchev–Trinajstić information content (AvgIpc) is 3.32. The lowest BCUT2D eigenvalue weighted by molar-refractivity contribution is 0.143. The quantitative estimate of drug-likeness (QED) is 0.562. The molecule has 0 amide bonds. The van der Waals surface area contributed by atoms with Gasteiger partial charge < -0.3 is 20.5 Å². The molecule has 1 fully saturated rings. The molecule has 1 aliphatic rings. The van der Waals surface area contributed by atoms with E-state index in [2.05, 4.69) is 21.9 Å². The number of hydrogen-bond donors (Lipinski definition) is 2. The van der Waals surface area contributed by atoms with Crippen molar-refractivity contribution in [2.24, 2.45) is 0 Å². The van der Waals surface area contributed by atoms with Gasteiger partial charge in [-0.1, -0.05) is 24.0 Å². The highest BCUT2D eigenvalue weighted by molar-refractivity contribution is 5.65. The molecule has 3 aromatic rings. The lowest BCUT2D eigenvalue weighted by atomic mass is 10.1. The zero-order valence-electron chi connectivity index (χ0n) is 22.7. The maximum absolute atomic E-state index is 9.83. The van der Waals surface area contributed by atoms with Gasteiger partial charge in [-0.15, -0.1) is 0 Å². The van der Waals surface area contributed by atoms with Gasteiger partial charge in [0.15, 0.2) is 11.6 Å². The van der Waals surface area contributed by atoms with Gasteiger partial charge >= 0.3 is 0 Å². The van der Waals surface area contributed by atoms with Gasteiger partial charge in [-0.25, -0.2) is 4.98 Å². The lowest BCUT2D eigenvalue weighted by Crippen LogP contribution is -2.55. The van der Waals surface area contributed by atoms with E-state index < -0.39 is 18.5 Å². The first kappa shape index (κ1) is 19.9. The molecule has 8 heteroatoms. The molecule has 0 radical (unpaired) electrons. The van der Waals surface area contributed by atoms with Crippen molar-refractivity contribution in [1.82, 2.24) is 19.8 Å². The van der Waals surface area contributed by atoms with Crippen LogP contribution in [0.5, 0.6) is 5.75 Å². The Morgan fingerprint density at radius 1 is 1.26 bits per heavy atom. The third kappa shape index (κ3) is 5.87. The van der Waals surface area contributed by atoms with E-state index in [0.29, 0.717) is 18.8 Å². The van der Waals surface area contributed by atoms with E-state index in [1.54, 1.807) is 48.3 Å². The Hall–Kier alpha value is -3.54. The molecule has 0 bridgehead atoms. The van der Waals surface area contributed by atoms with Crippen molar-refractivity contribution in [2.75, 3.05) is 37.4 Å². The summed E-state index contributed by atoms with van der Waals surface area (Å²) in [5, 5.41) is 16.1. The number of anilines is 1. The summed E-state index contributed by atoms with van der Waals surface area (Å²) in [6.07, 6.45) is 5.12. The Labute approximate surface area is 205 Å². The SMILES string of the molecule is [2H]C([2H])([2H])C1CN(C)CCN1n1cc(-c2cnc(N)c(OCc3cccc(C#CC(C)(C)O)c3)c2)cn1. The second-order valence-corrected chi connectivity index (χ2v) is 9.00. The Kier molecular flexibility index (Phi) is 5.71. The highest BCUT2D eigenvalue weighted by atomic mass is 16.5. The van der Waals surface area contributed by atoms with Gasteiger partial charge in [0.1, 0.15) is 12.2 Å². The fraction of sp³-hybridized carbons (Fsp3) is 0.385. The summed E-state index contributed by atoms with van der Waals surface area (Å²) in [5.41, 5.74) is 8.19. The number of nitrogens with zero attached hydrogens (tertiary/aromatic N) is 5. The third-order valence-corrected chi connectivity index (χ3v) is 5.44. The van der Waals surface area contributed by atoms with Crippen LogP contribution in [0.15, 0.2) is 48.9 Å². The van der Waals surface area contributed by atoms with Crippen LogP contribution in [0.1, 0.15) is 35.9 Å². The monoisotopic (exact) mass is 463 g/mol. The first-order chi connectivity index (χ1) is 17.4. The molecule has 1 aliphatic heterocycles.